The fourth-order valence-corrected chi connectivity index (χ4v) is 2.95. The zero-order valence-electron chi connectivity index (χ0n) is 11.9. The standard InChI is InChI=1S/C12H20N2O5S/c1-4-9-11(8-10(19-9)12(15)18-3)20(16,17)14-7-5-6-13-2/h8,13-14H,4-7H2,1-3H3. The number of carbonyl (C=O) groups is 1. The molecule has 0 saturated heterocycles. The molecule has 0 radical (unpaired) electrons. The highest BCUT2D eigenvalue weighted by molar-refractivity contribution is 7.89. The maximum Gasteiger partial charge on any atom is 0.373 e. The molecule has 0 saturated carbocycles. The summed E-state index contributed by atoms with van der Waals surface area (Å²) in [5, 5.41) is 2.93. The van der Waals surface area contributed by atoms with Crippen LogP contribution in [0.2, 0.25) is 0 Å². The zero-order chi connectivity index (χ0) is 15.2. The minimum atomic E-state index is -3.68. The Labute approximate surface area is 118 Å². The molecule has 0 aromatic carbocycles. The predicted octanol–water partition coefficient (Wildman–Crippen LogP) is 0.516. The van der Waals surface area contributed by atoms with E-state index in [9.17, 15) is 13.2 Å². The zero-order valence-corrected chi connectivity index (χ0v) is 12.7. The van der Waals surface area contributed by atoms with Crippen molar-refractivity contribution in [2.24, 2.45) is 0 Å². The topological polar surface area (TPSA) is 97.6 Å². The molecule has 114 valence electrons. The summed E-state index contributed by atoms with van der Waals surface area (Å²) >= 11 is 0. The van der Waals surface area contributed by atoms with Crippen molar-refractivity contribution in [3.8, 4) is 0 Å². The van der Waals surface area contributed by atoms with Crippen LogP contribution in [0, 0.1) is 0 Å². The van der Waals surface area contributed by atoms with E-state index in [1.54, 1.807) is 14.0 Å². The molecule has 0 spiro atoms. The van der Waals surface area contributed by atoms with Gasteiger partial charge in [0.15, 0.2) is 0 Å². The highest BCUT2D eigenvalue weighted by Gasteiger charge is 2.25. The van der Waals surface area contributed by atoms with Crippen molar-refractivity contribution in [3.63, 3.8) is 0 Å². The third-order valence-corrected chi connectivity index (χ3v) is 4.17. The van der Waals surface area contributed by atoms with Gasteiger partial charge >= 0.3 is 5.97 Å². The average molecular weight is 304 g/mol. The molecule has 1 aromatic heterocycles. The Balaban J connectivity index is 2.93. The van der Waals surface area contributed by atoms with Crippen LogP contribution < -0.4 is 10.0 Å². The third kappa shape index (κ3) is 4.06. The molecule has 2 N–H and O–H groups in total. The van der Waals surface area contributed by atoms with E-state index in [4.69, 9.17) is 4.42 Å². The molecule has 1 rings (SSSR count). The van der Waals surface area contributed by atoms with Gasteiger partial charge in [-0.2, -0.15) is 0 Å². The van der Waals surface area contributed by atoms with Crippen LogP contribution in [0.15, 0.2) is 15.4 Å². The molecule has 0 unspecified atom stereocenters. The minimum absolute atomic E-state index is 0.00939. The van der Waals surface area contributed by atoms with Crippen LogP contribution >= 0.6 is 0 Å². The van der Waals surface area contributed by atoms with E-state index < -0.39 is 16.0 Å². The molecule has 1 aromatic rings. The molecule has 1 heterocycles. The summed E-state index contributed by atoms with van der Waals surface area (Å²) in [5.41, 5.74) is 0. The molecule has 0 aliphatic rings. The highest BCUT2D eigenvalue weighted by Crippen LogP contribution is 2.21. The highest BCUT2D eigenvalue weighted by atomic mass is 32.2. The van der Waals surface area contributed by atoms with Crippen molar-refractivity contribution in [2.45, 2.75) is 24.7 Å². The van der Waals surface area contributed by atoms with Crippen molar-refractivity contribution in [3.05, 3.63) is 17.6 Å². The second kappa shape index (κ2) is 7.41. The van der Waals surface area contributed by atoms with Crippen LogP contribution in [0.4, 0.5) is 0 Å². The number of rotatable bonds is 8. The molecule has 8 heteroatoms. The lowest BCUT2D eigenvalue weighted by molar-refractivity contribution is 0.0563. The molecule has 0 aliphatic carbocycles. The van der Waals surface area contributed by atoms with Gasteiger partial charge in [0.25, 0.3) is 0 Å². The second-order valence-electron chi connectivity index (χ2n) is 4.10. The number of aryl methyl sites for hydroxylation is 1. The third-order valence-electron chi connectivity index (χ3n) is 2.66. The maximum atomic E-state index is 12.2. The number of furan rings is 1. The van der Waals surface area contributed by atoms with E-state index in [0.717, 1.165) is 0 Å². The Hall–Kier alpha value is -1.38. The van der Waals surface area contributed by atoms with Gasteiger partial charge in [-0.1, -0.05) is 6.92 Å². The Morgan fingerprint density at radius 1 is 1.40 bits per heavy atom. The number of nitrogens with one attached hydrogen (secondary N) is 2. The number of methoxy groups -OCH3 is 1. The number of sulfonamides is 1. The molecule has 7 nitrogen and oxygen atoms in total. The van der Waals surface area contributed by atoms with E-state index in [-0.39, 0.29) is 16.4 Å². The van der Waals surface area contributed by atoms with Crippen molar-refractivity contribution in [1.29, 1.82) is 0 Å². The van der Waals surface area contributed by atoms with Gasteiger partial charge < -0.3 is 14.5 Å². The second-order valence-corrected chi connectivity index (χ2v) is 5.83. The molecule has 0 fully saturated rings. The maximum absolute atomic E-state index is 12.2. The monoisotopic (exact) mass is 304 g/mol. The Morgan fingerprint density at radius 2 is 2.10 bits per heavy atom. The largest absolute Gasteiger partial charge is 0.463 e. The first-order valence-electron chi connectivity index (χ1n) is 6.31. The normalized spacial score (nSPS) is 11.6. The Kier molecular flexibility index (Phi) is 6.18. The van der Waals surface area contributed by atoms with Crippen LogP contribution in [0.25, 0.3) is 0 Å². The van der Waals surface area contributed by atoms with Crippen molar-refractivity contribution < 1.29 is 22.4 Å². The summed E-state index contributed by atoms with van der Waals surface area (Å²) in [7, 11) is -0.681. The van der Waals surface area contributed by atoms with Crippen molar-refractivity contribution >= 4 is 16.0 Å². The van der Waals surface area contributed by atoms with E-state index in [2.05, 4.69) is 14.8 Å². The lowest BCUT2D eigenvalue weighted by Crippen LogP contribution is -2.27. The van der Waals surface area contributed by atoms with Crippen LogP contribution in [-0.2, 0) is 21.2 Å². The number of hydrogen-bond donors (Lipinski definition) is 2. The van der Waals surface area contributed by atoms with Gasteiger partial charge in [-0.15, -0.1) is 0 Å². The summed E-state index contributed by atoms with van der Waals surface area (Å²) in [5.74, 6) is -0.567. The predicted molar refractivity (Wildman–Crippen MR) is 73.2 cm³/mol. The van der Waals surface area contributed by atoms with Gasteiger partial charge in [0.1, 0.15) is 10.7 Å². The van der Waals surface area contributed by atoms with Gasteiger partial charge in [-0.25, -0.2) is 17.9 Å². The smallest absolute Gasteiger partial charge is 0.373 e. The van der Waals surface area contributed by atoms with Gasteiger partial charge in [-0.3, -0.25) is 0 Å². The van der Waals surface area contributed by atoms with Gasteiger partial charge in [0.2, 0.25) is 15.8 Å². The van der Waals surface area contributed by atoms with E-state index >= 15 is 0 Å². The van der Waals surface area contributed by atoms with Crippen LogP contribution in [0.1, 0.15) is 29.7 Å². The average Bonchev–Trinajstić information content (AvgIpc) is 2.88. The molecule has 0 bridgehead atoms. The van der Waals surface area contributed by atoms with Crippen LogP contribution in [-0.4, -0.2) is 41.6 Å². The van der Waals surface area contributed by atoms with E-state index in [1.807, 2.05) is 0 Å². The van der Waals surface area contributed by atoms with Gasteiger partial charge in [0.05, 0.1) is 7.11 Å². The molecule has 0 amide bonds. The quantitative estimate of drug-likeness (QED) is 0.536. The van der Waals surface area contributed by atoms with E-state index in [1.165, 1.54) is 13.2 Å². The fourth-order valence-electron chi connectivity index (χ4n) is 1.64. The summed E-state index contributed by atoms with van der Waals surface area (Å²) in [6.07, 6.45) is 1.03. The fraction of sp³-hybridized carbons (Fsp3) is 0.583. The van der Waals surface area contributed by atoms with Gasteiger partial charge in [0, 0.05) is 19.0 Å². The first-order chi connectivity index (χ1) is 9.46. The number of esters is 1. The Bertz CT molecular complexity index is 550. The summed E-state index contributed by atoms with van der Waals surface area (Å²) in [4.78, 5) is 11.4. The number of hydrogen-bond acceptors (Lipinski definition) is 6. The molecule has 0 aliphatic heterocycles. The SMILES string of the molecule is CCc1oc(C(=O)OC)cc1S(=O)(=O)NCCCNC. The molecular formula is C12H20N2O5S. The molecule has 0 atom stereocenters. The number of carbonyl (C=O) groups excluding carboxylic acids is 1. The number of ether oxygens (including phenoxy) is 1. The summed E-state index contributed by atoms with van der Waals surface area (Å²) in [6.45, 7) is 2.77. The van der Waals surface area contributed by atoms with E-state index in [0.29, 0.717) is 25.9 Å². The Morgan fingerprint density at radius 3 is 2.65 bits per heavy atom. The molecular weight excluding hydrogens is 284 g/mol. The van der Waals surface area contributed by atoms with Crippen LogP contribution in [0.3, 0.4) is 0 Å². The molecule has 20 heavy (non-hydrogen) atoms. The van der Waals surface area contributed by atoms with Crippen molar-refractivity contribution in [2.75, 3.05) is 27.2 Å². The van der Waals surface area contributed by atoms with Crippen LogP contribution in [0.5, 0.6) is 0 Å². The summed E-state index contributed by atoms with van der Waals surface area (Å²) in [6, 6.07) is 1.20. The van der Waals surface area contributed by atoms with Crippen molar-refractivity contribution in [1.82, 2.24) is 10.0 Å². The summed E-state index contributed by atoms with van der Waals surface area (Å²) < 4.78 is 36.5. The first-order valence-corrected chi connectivity index (χ1v) is 7.79. The minimum Gasteiger partial charge on any atom is -0.463 e. The van der Waals surface area contributed by atoms with Gasteiger partial charge in [-0.05, 0) is 20.0 Å². The lowest BCUT2D eigenvalue weighted by atomic mass is 10.3. The first kappa shape index (κ1) is 16.7. The lowest BCUT2D eigenvalue weighted by Gasteiger charge is -2.05.